The number of hydrogen-bond donors (Lipinski definition) is 1. The number of Topliss-reactive ketones (excluding diaryl/α,β-unsaturated/α-hetero) is 1. The molecule has 1 aliphatic carbocycles. The fourth-order valence-electron chi connectivity index (χ4n) is 4.19. The molecule has 0 bridgehead atoms. The number of carboxylic acids is 1. The maximum absolute atomic E-state index is 12.4. The smallest absolute Gasteiger partial charge is 0.335 e. The second-order valence-electron chi connectivity index (χ2n) is 7.98. The van der Waals surface area contributed by atoms with Crippen molar-refractivity contribution in [3.63, 3.8) is 0 Å². The first kappa shape index (κ1) is 20.9. The van der Waals surface area contributed by atoms with Gasteiger partial charge >= 0.3 is 5.97 Å². The molecule has 0 fully saturated rings. The molecule has 0 atom stereocenters. The fraction of sp³-hybridized carbons (Fsp3) is 0.259. The molecular formula is C27H26O4. The highest BCUT2D eigenvalue weighted by Crippen LogP contribution is 2.31. The minimum Gasteiger partial charge on any atom is -0.489 e. The normalized spacial score (nSPS) is 13.0. The van der Waals surface area contributed by atoms with Crippen LogP contribution in [0.25, 0.3) is 0 Å². The Hall–Kier alpha value is -3.40. The Morgan fingerprint density at radius 1 is 0.903 bits per heavy atom. The lowest BCUT2D eigenvalue weighted by Crippen LogP contribution is -2.12. The predicted octanol–water partition coefficient (Wildman–Crippen LogP) is 5.66. The minimum atomic E-state index is -0.901. The molecule has 158 valence electrons. The molecule has 31 heavy (non-hydrogen) atoms. The molecule has 4 rings (SSSR count). The van der Waals surface area contributed by atoms with Gasteiger partial charge in [-0.15, -0.1) is 0 Å². The summed E-state index contributed by atoms with van der Waals surface area (Å²) in [5.41, 5.74) is 5.17. The van der Waals surface area contributed by atoms with Crippen LogP contribution in [0.1, 0.15) is 62.2 Å². The largest absolute Gasteiger partial charge is 0.489 e. The SMILES string of the molecule is O=C(O)c1ccccc1CCCc1cc2c(cc1OCc1ccccc1)CCCC2=O. The van der Waals surface area contributed by atoms with Crippen molar-refractivity contribution in [2.45, 2.75) is 45.1 Å². The van der Waals surface area contributed by atoms with Crippen LogP contribution in [0.5, 0.6) is 5.75 Å². The van der Waals surface area contributed by atoms with Crippen molar-refractivity contribution >= 4 is 11.8 Å². The van der Waals surface area contributed by atoms with Gasteiger partial charge < -0.3 is 9.84 Å². The highest BCUT2D eigenvalue weighted by molar-refractivity contribution is 5.98. The van der Waals surface area contributed by atoms with E-state index in [0.717, 1.165) is 59.3 Å². The predicted molar refractivity (Wildman–Crippen MR) is 120 cm³/mol. The molecule has 3 aromatic carbocycles. The first-order chi connectivity index (χ1) is 15.1. The number of carbonyl (C=O) groups is 2. The molecule has 4 heteroatoms. The van der Waals surface area contributed by atoms with Crippen molar-refractivity contribution in [1.29, 1.82) is 0 Å². The number of hydrogen-bond acceptors (Lipinski definition) is 3. The molecule has 0 aliphatic heterocycles. The molecule has 0 radical (unpaired) electrons. The maximum atomic E-state index is 12.4. The Morgan fingerprint density at radius 2 is 1.65 bits per heavy atom. The van der Waals surface area contributed by atoms with E-state index in [1.165, 1.54) is 0 Å². The highest BCUT2D eigenvalue weighted by atomic mass is 16.5. The van der Waals surface area contributed by atoms with E-state index >= 15 is 0 Å². The van der Waals surface area contributed by atoms with Crippen molar-refractivity contribution in [1.82, 2.24) is 0 Å². The van der Waals surface area contributed by atoms with Gasteiger partial charge in [-0.3, -0.25) is 4.79 Å². The van der Waals surface area contributed by atoms with Crippen LogP contribution in [0.4, 0.5) is 0 Å². The molecule has 0 unspecified atom stereocenters. The zero-order valence-electron chi connectivity index (χ0n) is 17.5. The van der Waals surface area contributed by atoms with Gasteiger partial charge in [0.05, 0.1) is 5.56 Å². The van der Waals surface area contributed by atoms with Crippen molar-refractivity contribution < 1.29 is 19.4 Å². The first-order valence-corrected chi connectivity index (χ1v) is 10.8. The summed E-state index contributed by atoms with van der Waals surface area (Å²) >= 11 is 0. The number of fused-ring (bicyclic) bond motifs is 1. The summed E-state index contributed by atoms with van der Waals surface area (Å²) in [4.78, 5) is 23.9. The van der Waals surface area contributed by atoms with E-state index in [1.807, 2.05) is 54.6 Å². The second kappa shape index (κ2) is 9.61. The molecule has 3 aromatic rings. The topological polar surface area (TPSA) is 63.6 Å². The monoisotopic (exact) mass is 414 g/mol. The zero-order valence-corrected chi connectivity index (χ0v) is 17.5. The number of benzene rings is 3. The minimum absolute atomic E-state index is 0.202. The fourth-order valence-corrected chi connectivity index (χ4v) is 4.19. The van der Waals surface area contributed by atoms with Gasteiger partial charge in [0.15, 0.2) is 5.78 Å². The van der Waals surface area contributed by atoms with E-state index in [-0.39, 0.29) is 5.78 Å². The van der Waals surface area contributed by atoms with Crippen molar-refractivity contribution in [3.8, 4) is 5.75 Å². The number of rotatable bonds is 8. The summed E-state index contributed by atoms with van der Waals surface area (Å²) in [7, 11) is 0. The van der Waals surface area contributed by atoms with Gasteiger partial charge in [-0.25, -0.2) is 4.79 Å². The Kier molecular flexibility index (Phi) is 6.46. The zero-order chi connectivity index (χ0) is 21.6. The van der Waals surface area contributed by atoms with E-state index in [2.05, 4.69) is 0 Å². The summed E-state index contributed by atoms with van der Waals surface area (Å²) in [5.74, 6) is 0.124. The molecule has 0 aromatic heterocycles. The first-order valence-electron chi connectivity index (χ1n) is 10.8. The third kappa shape index (κ3) is 5.02. The third-order valence-electron chi connectivity index (χ3n) is 5.81. The van der Waals surface area contributed by atoms with Gasteiger partial charge in [-0.2, -0.15) is 0 Å². The van der Waals surface area contributed by atoms with Crippen LogP contribution in [0.2, 0.25) is 0 Å². The number of ether oxygens (including phenoxy) is 1. The van der Waals surface area contributed by atoms with Gasteiger partial charge in [0.25, 0.3) is 0 Å². The summed E-state index contributed by atoms with van der Waals surface area (Å²) in [5, 5.41) is 9.41. The molecule has 0 amide bonds. The number of aromatic carboxylic acids is 1. The molecule has 1 N–H and O–H groups in total. The van der Waals surface area contributed by atoms with Crippen LogP contribution >= 0.6 is 0 Å². The Bertz CT molecular complexity index is 1090. The quantitative estimate of drug-likeness (QED) is 0.517. The van der Waals surface area contributed by atoms with Crippen LogP contribution in [-0.4, -0.2) is 16.9 Å². The number of carboxylic acid groups (broad SMARTS) is 1. The maximum Gasteiger partial charge on any atom is 0.335 e. The van der Waals surface area contributed by atoms with Crippen molar-refractivity contribution in [2.75, 3.05) is 0 Å². The Balaban J connectivity index is 1.54. The van der Waals surface area contributed by atoms with Gasteiger partial charge in [-0.1, -0.05) is 48.5 Å². The van der Waals surface area contributed by atoms with Crippen LogP contribution in [0, 0.1) is 0 Å². The van der Waals surface area contributed by atoms with Crippen LogP contribution in [0.15, 0.2) is 66.7 Å². The average molecular weight is 415 g/mol. The third-order valence-corrected chi connectivity index (χ3v) is 5.81. The van der Waals surface area contributed by atoms with E-state index in [9.17, 15) is 14.7 Å². The molecule has 4 nitrogen and oxygen atoms in total. The molecule has 0 spiro atoms. The second-order valence-corrected chi connectivity index (χ2v) is 7.98. The van der Waals surface area contributed by atoms with E-state index in [0.29, 0.717) is 25.0 Å². The van der Waals surface area contributed by atoms with Gasteiger partial charge in [-0.05, 0) is 72.6 Å². The van der Waals surface area contributed by atoms with Gasteiger partial charge in [0.2, 0.25) is 0 Å². The lowest BCUT2D eigenvalue weighted by atomic mass is 9.88. The van der Waals surface area contributed by atoms with Crippen LogP contribution in [-0.2, 0) is 25.9 Å². The summed E-state index contributed by atoms with van der Waals surface area (Å²) in [6, 6.07) is 21.2. The molecule has 0 saturated heterocycles. The lowest BCUT2D eigenvalue weighted by molar-refractivity contribution is 0.0695. The standard InChI is InChI=1S/C27H26O4/c28-25-15-7-12-21-17-26(31-18-19-8-2-1-3-9-19)22(16-24(21)25)13-6-11-20-10-4-5-14-23(20)27(29)30/h1-5,8-10,14,16-17H,6-7,11-13,15,18H2,(H,29,30). The number of carbonyl (C=O) groups excluding carboxylic acids is 1. The van der Waals surface area contributed by atoms with Crippen molar-refractivity contribution in [3.05, 3.63) is 100 Å². The van der Waals surface area contributed by atoms with Gasteiger partial charge in [0.1, 0.15) is 12.4 Å². The summed E-state index contributed by atoms with van der Waals surface area (Å²) < 4.78 is 6.18. The van der Waals surface area contributed by atoms with E-state index < -0.39 is 5.97 Å². The Morgan fingerprint density at radius 3 is 2.45 bits per heavy atom. The van der Waals surface area contributed by atoms with Gasteiger partial charge in [0, 0.05) is 12.0 Å². The lowest BCUT2D eigenvalue weighted by Gasteiger charge is -2.20. The number of aryl methyl sites for hydroxylation is 3. The van der Waals surface area contributed by atoms with Crippen LogP contribution in [0.3, 0.4) is 0 Å². The van der Waals surface area contributed by atoms with Crippen molar-refractivity contribution in [2.24, 2.45) is 0 Å². The number of ketones is 1. The highest BCUT2D eigenvalue weighted by Gasteiger charge is 2.20. The molecule has 1 aliphatic rings. The summed E-state index contributed by atoms with van der Waals surface area (Å²) in [6.45, 7) is 0.475. The van der Waals surface area contributed by atoms with E-state index in [1.54, 1.807) is 12.1 Å². The Labute approximate surface area is 182 Å². The van der Waals surface area contributed by atoms with Crippen LogP contribution < -0.4 is 4.74 Å². The van der Waals surface area contributed by atoms with E-state index in [4.69, 9.17) is 4.74 Å². The summed E-state index contributed by atoms with van der Waals surface area (Å²) in [6.07, 6.45) is 4.54. The average Bonchev–Trinajstić information content (AvgIpc) is 2.79. The molecular weight excluding hydrogens is 388 g/mol. The molecule has 0 heterocycles. The molecule has 0 saturated carbocycles.